The Labute approximate surface area is 112 Å². The van der Waals surface area contributed by atoms with Crippen molar-refractivity contribution in [2.75, 3.05) is 13.8 Å². The van der Waals surface area contributed by atoms with E-state index in [0.717, 1.165) is 11.3 Å². The number of fused-ring (bicyclic) bond motifs is 1. The number of carbonyl (C=O) groups is 1. The van der Waals surface area contributed by atoms with Gasteiger partial charge in [-0.3, -0.25) is 4.79 Å². The van der Waals surface area contributed by atoms with E-state index in [0.29, 0.717) is 18.7 Å². The zero-order valence-electron chi connectivity index (χ0n) is 11.0. The molecule has 0 spiro atoms. The number of ether oxygens (including phenoxy) is 2. The maximum absolute atomic E-state index is 12.0. The minimum absolute atomic E-state index is 0.150. The van der Waals surface area contributed by atoms with E-state index < -0.39 is 5.92 Å². The van der Waals surface area contributed by atoms with E-state index in [4.69, 9.17) is 14.7 Å². The van der Waals surface area contributed by atoms with Crippen LogP contribution in [0.25, 0.3) is 0 Å². The van der Waals surface area contributed by atoms with Crippen LogP contribution in [0.15, 0.2) is 18.2 Å². The summed E-state index contributed by atoms with van der Waals surface area (Å²) in [7, 11) is 1.70. The van der Waals surface area contributed by atoms with E-state index in [1.165, 1.54) is 0 Å². The highest BCUT2D eigenvalue weighted by Crippen LogP contribution is 2.32. The first-order valence-corrected chi connectivity index (χ1v) is 6.18. The van der Waals surface area contributed by atoms with Gasteiger partial charge >= 0.3 is 0 Å². The molecule has 0 saturated carbocycles. The zero-order chi connectivity index (χ0) is 13.8. The number of amides is 1. The topological polar surface area (TPSA) is 62.6 Å². The molecule has 1 aromatic carbocycles. The van der Waals surface area contributed by atoms with E-state index in [9.17, 15) is 4.79 Å². The van der Waals surface area contributed by atoms with Crippen LogP contribution in [-0.4, -0.2) is 24.6 Å². The molecule has 0 fully saturated rings. The maximum atomic E-state index is 12.0. The molecular formula is C14H16N2O3. The molecule has 2 rings (SSSR count). The Morgan fingerprint density at radius 1 is 1.47 bits per heavy atom. The van der Waals surface area contributed by atoms with Crippen LogP contribution < -0.4 is 9.47 Å². The molecule has 0 bridgehead atoms. The van der Waals surface area contributed by atoms with Crippen molar-refractivity contribution in [2.24, 2.45) is 5.92 Å². The number of hydrogen-bond donors (Lipinski definition) is 0. The number of nitriles is 1. The largest absolute Gasteiger partial charge is 0.454 e. The molecule has 0 aromatic heterocycles. The van der Waals surface area contributed by atoms with E-state index in [1.807, 2.05) is 31.2 Å². The second-order valence-electron chi connectivity index (χ2n) is 4.47. The summed E-state index contributed by atoms with van der Waals surface area (Å²) < 4.78 is 10.5. The molecule has 0 saturated heterocycles. The Bertz CT molecular complexity index is 522. The summed E-state index contributed by atoms with van der Waals surface area (Å²) in [6.07, 6.45) is 0.529. The van der Waals surface area contributed by atoms with Crippen LogP contribution in [0.2, 0.25) is 0 Å². The highest BCUT2D eigenvalue weighted by atomic mass is 16.7. The van der Waals surface area contributed by atoms with Gasteiger partial charge in [-0.25, -0.2) is 0 Å². The van der Waals surface area contributed by atoms with Crippen molar-refractivity contribution in [1.82, 2.24) is 4.90 Å². The first kappa shape index (κ1) is 13.2. The lowest BCUT2D eigenvalue weighted by atomic mass is 10.1. The molecule has 100 valence electrons. The van der Waals surface area contributed by atoms with Crippen molar-refractivity contribution in [1.29, 1.82) is 5.26 Å². The minimum atomic E-state index is -0.570. The lowest BCUT2D eigenvalue weighted by molar-refractivity contribution is -0.133. The number of carbonyl (C=O) groups excluding carboxylic acids is 1. The van der Waals surface area contributed by atoms with Crippen LogP contribution in [0, 0.1) is 17.2 Å². The number of nitrogens with zero attached hydrogens (tertiary/aromatic N) is 2. The second-order valence-corrected chi connectivity index (χ2v) is 4.47. The van der Waals surface area contributed by atoms with Gasteiger partial charge in [-0.1, -0.05) is 13.0 Å². The molecule has 1 heterocycles. The Kier molecular flexibility index (Phi) is 3.91. The molecule has 1 aliphatic heterocycles. The van der Waals surface area contributed by atoms with Gasteiger partial charge in [-0.2, -0.15) is 5.26 Å². The molecule has 0 N–H and O–H groups in total. The number of hydrogen-bond acceptors (Lipinski definition) is 4. The van der Waals surface area contributed by atoms with Gasteiger partial charge in [0.15, 0.2) is 11.5 Å². The predicted molar refractivity (Wildman–Crippen MR) is 68.4 cm³/mol. The zero-order valence-corrected chi connectivity index (χ0v) is 11.0. The van der Waals surface area contributed by atoms with Crippen LogP contribution in [0.5, 0.6) is 11.5 Å². The van der Waals surface area contributed by atoms with E-state index in [2.05, 4.69) is 0 Å². The fourth-order valence-electron chi connectivity index (χ4n) is 1.98. The fourth-order valence-corrected chi connectivity index (χ4v) is 1.98. The second kappa shape index (κ2) is 5.61. The Morgan fingerprint density at radius 2 is 2.21 bits per heavy atom. The Hall–Kier alpha value is -2.22. The first-order chi connectivity index (χ1) is 9.15. The standard InChI is InChI=1S/C14H16N2O3/c1-3-11(7-15)14(17)16(2)8-10-4-5-12-13(6-10)19-9-18-12/h4-6,11H,3,8-9H2,1-2H3. The number of benzene rings is 1. The van der Waals surface area contributed by atoms with Crippen molar-refractivity contribution in [3.05, 3.63) is 23.8 Å². The predicted octanol–water partition coefficient (Wildman–Crippen LogP) is 1.92. The van der Waals surface area contributed by atoms with Crippen LogP contribution in [0.1, 0.15) is 18.9 Å². The summed E-state index contributed by atoms with van der Waals surface area (Å²) in [5.41, 5.74) is 0.952. The van der Waals surface area contributed by atoms with Crippen molar-refractivity contribution >= 4 is 5.91 Å². The van der Waals surface area contributed by atoms with Gasteiger partial charge in [-0.15, -0.1) is 0 Å². The lowest BCUT2D eigenvalue weighted by Gasteiger charge is -2.19. The van der Waals surface area contributed by atoms with Gasteiger partial charge < -0.3 is 14.4 Å². The van der Waals surface area contributed by atoms with Gasteiger partial charge in [-0.05, 0) is 24.1 Å². The average Bonchev–Trinajstić information content (AvgIpc) is 2.87. The maximum Gasteiger partial charge on any atom is 0.239 e. The van der Waals surface area contributed by atoms with Crippen molar-refractivity contribution < 1.29 is 14.3 Å². The van der Waals surface area contributed by atoms with Crippen molar-refractivity contribution in [3.8, 4) is 17.6 Å². The third-order valence-corrected chi connectivity index (χ3v) is 3.10. The van der Waals surface area contributed by atoms with Gasteiger partial charge in [0.05, 0.1) is 6.07 Å². The van der Waals surface area contributed by atoms with Gasteiger partial charge in [0.2, 0.25) is 12.7 Å². The van der Waals surface area contributed by atoms with Crippen molar-refractivity contribution in [3.63, 3.8) is 0 Å². The molecule has 0 aliphatic carbocycles. The van der Waals surface area contributed by atoms with Gasteiger partial charge in [0.25, 0.3) is 0 Å². The third-order valence-electron chi connectivity index (χ3n) is 3.10. The molecule has 1 atom stereocenters. The molecule has 19 heavy (non-hydrogen) atoms. The molecule has 1 unspecified atom stereocenters. The van der Waals surface area contributed by atoms with E-state index >= 15 is 0 Å². The Balaban J connectivity index is 2.05. The summed E-state index contributed by atoms with van der Waals surface area (Å²) in [5, 5.41) is 8.90. The average molecular weight is 260 g/mol. The summed E-state index contributed by atoms with van der Waals surface area (Å²) in [6, 6.07) is 7.61. The van der Waals surface area contributed by atoms with E-state index in [-0.39, 0.29) is 12.7 Å². The molecular weight excluding hydrogens is 244 g/mol. The summed E-state index contributed by atoms with van der Waals surface area (Å²) >= 11 is 0. The van der Waals surface area contributed by atoms with Crippen molar-refractivity contribution in [2.45, 2.75) is 19.9 Å². The molecule has 5 nitrogen and oxygen atoms in total. The quantitative estimate of drug-likeness (QED) is 0.829. The van der Waals surface area contributed by atoms with Crippen LogP contribution in [-0.2, 0) is 11.3 Å². The monoisotopic (exact) mass is 260 g/mol. The highest BCUT2D eigenvalue weighted by molar-refractivity contribution is 5.80. The third kappa shape index (κ3) is 2.79. The first-order valence-electron chi connectivity index (χ1n) is 6.18. The molecule has 5 heteroatoms. The summed E-state index contributed by atoms with van der Waals surface area (Å²) in [4.78, 5) is 13.6. The highest BCUT2D eigenvalue weighted by Gasteiger charge is 2.20. The molecule has 1 aromatic rings. The minimum Gasteiger partial charge on any atom is -0.454 e. The van der Waals surface area contributed by atoms with E-state index in [1.54, 1.807) is 11.9 Å². The van der Waals surface area contributed by atoms with Gasteiger partial charge in [0, 0.05) is 13.6 Å². The van der Waals surface area contributed by atoms with Gasteiger partial charge in [0.1, 0.15) is 5.92 Å². The lowest BCUT2D eigenvalue weighted by Crippen LogP contribution is -2.31. The fraction of sp³-hybridized carbons (Fsp3) is 0.429. The van der Waals surface area contributed by atoms with Crippen LogP contribution in [0.3, 0.4) is 0 Å². The molecule has 1 amide bonds. The summed E-state index contributed by atoms with van der Waals surface area (Å²) in [5.74, 6) is 0.702. The summed E-state index contributed by atoms with van der Waals surface area (Å²) in [6.45, 7) is 2.52. The molecule has 1 aliphatic rings. The van der Waals surface area contributed by atoms with Crippen LogP contribution in [0.4, 0.5) is 0 Å². The molecule has 0 radical (unpaired) electrons. The Morgan fingerprint density at radius 3 is 2.89 bits per heavy atom. The van der Waals surface area contributed by atoms with Crippen LogP contribution >= 0.6 is 0 Å². The normalized spacial score (nSPS) is 13.7. The smallest absolute Gasteiger partial charge is 0.239 e. The SMILES string of the molecule is CCC(C#N)C(=O)N(C)Cc1ccc2c(c1)OCO2. The number of rotatable bonds is 4.